The van der Waals surface area contributed by atoms with E-state index in [9.17, 15) is 9.59 Å². The number of amides is 1. The smallest absolute Gasteiger partial charge is 0.353 e. The van der Waals surface area contributed by atoms with Crippen LogP contribution in [0.25, 0.3) is 0 Å². The summed E-state index contributed by atoms with van der Waals surface area (Å²) < 4.78 is 5.30. The van der Waals surface area contributed by atoms with Gasteiger partial charge in [0, 0.05) is 12.7 Å². The lowest BCUT2D eigenvalue weighted by atomic mass is 10.1. The summed E-state index contributed by atoms with van der Waals surface area (Å²) in [4.78, 5) is 22.3. The molecule has 17 heavy (non-hydrogen) atoms. The van der Waals surface area contributed by atoms with Crippen LogP contribution in [-0.2, 0) is 9.53 Å². The number of rotatable bonds is 3. The van der Waals surface area contributed by atoms with Gasteiger partial charge in [-0.15, -0.1) is 0 Å². The Balaban J connectivity index is 1.94. The molecule has 1 aliphatic heterocycles. The van der Waals surface area contributed by atoms with Gasteiger partial charge in [-0.05, 0) is 19.3 Å². The maximum Gasteiger partial charge on any atom is 0.353 e. The Labute approximate surface area is 97.2 Å². The molecule has 0 bridgehead atoms. The highest BCUT2D eigenvalue weighted by Crippen LogP contribution is 2.14. The average Bonchev–Trinajstić information content (AvgIpc) is 2.79. The zero-order chi connectivity index (χ0) is 12.3. The largest absolute Gasteiger partial charge is 0.477 e. The number of carboxylic acids is 1. The summed E-state index contributed by atoms with van der Waals surface area (Å²) >= 11 is 0. The zero-order valence-electron chi connectivity index (χ0n) is 9.10. The van der Waals surface area contributed by atoms with Crippen molar-refractivity contribution in [3.8, 4) is 0 Å². The minimum Gasteiger partial charge on any atom is -0.477 e. The summed E-state index contributed by atoms with van der Waals surface area (Å²) in [5.74, 6) is -1.21. The van der Waals surface area contributed by atoms with Crippen molar-refractivity contribution >= 4 is 17.7 Å². The van der Waals surface area contributed by atoms with Crippen LogP contribution in [0.3, 0.4) is 0 Å². The van der Waals surface area contributed by atoms with Crippen LogP contribution in [0.2, 0.25) is 0 Å². The van der Waals surface area contributed by atoms with E-state index < -0.39 is 12.1 Å². The van der Waals surface area contributed by atoms with Gasteiger partial charge in [0.15, 0.2) is 5.82 Å². The van der Waals surface area contributed by atoms with Crippen LogP contribution in [0.1, 0.15) is 29.8 Å². The van der Waals surface area contributed by atoms with E-state index in [1.807, 2.05) is 0 Å². The van der Waals surface area contributed by atoms with Gasteiger partial charge >= 0.3 is 5.97 Å². The number of ether oxygens (including phenoxy) is 1. The van der Waals surface area contributed by atoms with Crippen LogP contribution in [0.4, 0.5) is 5.82 Å². The second-order valence-electron chi connectivity index (χ2n) is 3.82. The van der Waals surface area contributed by atoms with Crippen molar-refractivity contribution in [1.82, 2.24) is 10.2 Å². The van der Waals surface area contributed by atoms with E-state index in [-0.39, 0.29) is 17.4 Å². The molecule has 1 saturated heterocycles. The Morgan fingerprint density at radius 2 is 2.35 bits per heavy atom. The van der Waals surface area contributed by atoms with E-state index in [2.05, 4.69) is 15.5 Å². The summed E-state index contributed by atoms with van der Waals surface area (Å²) in [5.41, 5.74) is -0.0649. The average molecular weight is 239 g/mol. The van der Waals surface area contributed by atoms with Gasteiger partial charge in [-0.3, -0.25) is 9.89 Å². The monoisotopic (exact) mass is 239 g/mol. The normalized spacial score (nSPS) is 19.9. The molecule has 0 saturated carbocycles. The first kappa shape index (κ1) is 11.6. The first-order valence-electron chi connectivity index (χ1n) is 5.38. The molecule has 0 aromatic carbocycles. The van der Waals surface area contributed by atoms with Crippen LogP contribution in [0, 0.1) is 0 Å². The van der Waals surface area contributed by atoms with Gasteiger partial charge < -0.3 is 15.2 Å². The predicted octanol–water partition coefficient (Wildman–Crippen LogP) is 0.615. The number of hydrogen-bond donors (Lipinski definition) is 3. The highest BCUT2D eigenvalue weighted by molar-refractivity contribution is 5.94. The number of aromatic nitrogens is 2. The molecule has 2 heterocycles. The quantitative estimate of drug-likeness (QED) is 0.717. The summed E-state index contributed by atoms with van der Waals surface area (Å²) in [7, 11) is 0. The van der Waals surface area contributed by atoms with Crippen LogP contribution < -0.4 is 5.32 Å². The van der Waals surface area contributed by atoms with Gasteiger partial charge in [-0.25, -0.2) is 4.79 Å². The number of carboxylic acid groups (broad SMARTS) is 1. The number of H-pyrrole nitrogens is 1. The molecule has 1 unspecified atom stereocenters. The van der Waals surface area contributed by atoms with E-state index in [0.717, 1.165) is 12.8 Å². The number of hydrogen-bond acceptors (Lipinski definition) is 4. The molecule has 1 amide bonds. The molecule has 92 valence electrons. The molecular formula is C10H13N3O4. The molecular weight excluding hydrogens is 226 g/mol. The van der Waals surface area contributed by atoms with Crippen molar-refractivity contribution < 1.29 is 19.4 Å². The Morgan fingerprint density at radius 3 is 2.94 bits per heavy atom. The lowest BCUT2D eigenvalue weighted by molar-refractivity contribution is -0.130. The van der Waals surface area contributed by atoms with Crippen LogP contribution >= 0.6 is 0 Å². The summed E-state index contributed by atoms with van der Waals surface area (Å²) in [6, 6.07) is 1.27. The van der Waals surface area contributed by atoms with Crippen molar-refractivity contribution in [2.45, 2.75) is 25.4 Å². The molecule has 0 aliphatic carbocycles. The maximum absolute atomic E-state index is 11.7. The van der Waals surface area contributed by atoms with Gasteiger partial charge in [0.25, 0.3) is 5.91 Å². The molecule has 1 atom stereocenters. The molecule has 0 spiro atoms. The summed E-state index contributed by atoms with van der Waals surface area (Å²) in [5, 5.41) is 17.2. The fourth-order valence-electron chi connectivity index (χ4n) is 1.65. The molecule has 1 fully saturated rings. The number of nitrogens with one attached hydrogen (secondary N) is 2. The minimum atomic E-state index is -1.12. The second kappa shape index (κ2) is 4.96. The van der Waals surface area contributed by atoms with Gasteiger partial charge in [0.2, 0.25) is 0 Å². The zero-order valence-corrected chi connectivity index (χ0v) is 9.10. The number of nitrogens with zero attached hydrogens (tertiary/aromatic N) is 1. The van der Waals surface area contributed by atoms with Crippen molar-refractivity contribution in [2.75, 3.05) is 11.9 Å². The van der Waals surface area contributed by atoms with Gasteiger partial charge in [0.1, 0.15) is 11.8 Å². The standard InChI is InChI=1S/C10H13N3O4/c14-9(7-3-1-2-4-17-7)11-8-5-6(10(15)16)12-13-8/h5,7H,1-4H2,(H,15,16)(H2,11,12,13,14). The van der Waals surface area contributed by atoms with E-state index >= 15 is 0 Å². The minimum absolute atomic E-state index is 0.0649. The van der Waals surface area contributed by atoms with Crippen molar-refractivity contribution in [2.24, 2.45) is 0 Å². The Hall–Kier alpha value is -1.89. The van der Waals surface area contributed by atoms with Crippen molar-refractivity contribution in [3.63, 3.8) is 0 Å². The third-order valence-electron chi connectivity index (χ3n) is 2.53. The molecule has 1 aliphatic rings. The molecule has 2 rings (SSSR count). The Morgan fingerprint density at radius 1 is 1.53 bits per heavy atom. The molecule has 3 N–H and O–H groups in total. The van der Waals surface area contributed by atoms with Gasteiger partial charge in [0.05, 0.1) is 0 Å². The third kappa shape index (κ3) is 2.82. The first-order chi connectivity index (χ1) is 8.16. The summed E-state index contributed by atoms with van der Waals surface area (Å²) in [6.45, 7) is 0.582. The Kier molecular flexibility index (Phi) is 3.38. The summed E-state index contributed by atoms with van der Waals surface area (Å²) in [6.07, 6.45) is 2.14. The topological polar surface area (TPSA) is 104 Å². The fraction of sp³-hybridized carbons (Fsp3) is 0.500. The van der Waals surface area contributed by atoms with E-state index in [4.69, 9.17) is 9.84 Å². The fourth-order valence-corrected chi connectivity index (χ4v) is 1.65. The maximum atomic E-state index is 11.7. The molecule has 1 aromatic heterocycles. The van der Waals surface area contributed by atoms with Gasteiger partial charge in [-0.1, -0.05) is 0 Å². The molecule has 7 heteroatoms. The number of aromatic amines is 1. The Bertz CT molecular complexity index is 423. The van der Waals surface area contributed by atoms with E-state index in [1.54, 1.807) is 0 Å². The molecule has 0 radical (unpaired) electrons. The van der Waals surface area contributed by atoms with Gasteiger partial charge in [-0.2, -0.15) is 5.10 Å². The van der Waals surface area contributed by atoms with Crippen LogP contribution in [0.5, 0.6) is 0 Å². The number of carbonyl (C=O) groups excluding carboxylic acids is 1. The van der Waals surface area contributed by atoms with Crippen molar-refractivity contribution in [3.05, 3.63) is 11.8 Å². The predicted molar refractivity (Wildman–Crippen MR) is 57.8 cm³/mol. The number of aromatic carboxylic acids is 1. The third-order valence-corrected chi connectivity index (χ3v) is 2.53. The van der Waals surface area contributed by atoms with E-state index in [0.29, 0.717) is 13.0 Å². The van der Waals surface area contributed by atoms with Crippen LogP contribution in [-0.4, -0.2) is 39.9 Å². The second-order valence-corrected chi connectivity index (χ2v) is 3.82. The highest BCUT2D eigenvalue weighted by atomic mass is 16.5. The highest BCUT2D eigenvalue weighted by Gasteiger charge is 2.22. The molecule has 1 aromatic rings. The molecule has 7 nitrogen and oxygen atoms in total. The lowest BCUT2D eigenvalue weighted by Crippen LogP contribution is -2.33. The SMILES string of the molecule is O=C(O)c1cc(NC(=O)C2CCCCO2)n[nH]1. The van der Waals surface area contributed by atoms with Crippen LogP contribution in [0.15, 0.2) is 6.07 Å². The van der Waals surface area contributed by atoms with Crippen molar-refractivity contribution in [1.29, 1.82) is 0 Å². The lowest BCUT2D eigenvalue weighted by Gasteiger charge is -2.20. The van der Waals surface area contributed by atoms with E-state index in [1.165, 1.54) is 6.07 Å². The number of anilines is 1. The first-order valence-corrected chi connectivity index (χ1v) is 5.38. The number of carbonyl (C=O) groups is 2.